The van der Waals surface area contributed by atoms with Gasteiger partial charge in [0.15, 0.2) is 0 Å². The molecule has 0 aliphatic rings. The van der Waals surface area contributed by atoms with Gasteiger partial charge in [-0.05, 0) is 0 Å². The second-order valence-corrected chi connectivity index (χ2v) is 6.84. The summed E-state index contributed by atoms with van der Waals surface area (Å²) >= 11 is 0. The summed E-state index contributed by atoms with van der Waals surface area (Å²) in [5, 5.41) is 0. The maximum atomic E-state index is 5.65. The van der Waals surface area contributed by atoms with Crippen molar-refractivity contribution in [3.8, 4) is 0 Å². The Balaban J connectivity index is 3.95. The standard InChI is InChI=1S/C8H14OSi2/c1-5-10(6-2)9-11(7-3)8-4/h5-8,10-11H,1-4H2. The third kappa shape index (κ3) is 3.92. The van der Waals surface area contributed by atoms with Crippen LogP contribution in [-0.4, -0.2) is 18.1 Å². The lowest BCUT2D eigenvalue weighted by Gasteiger charge is -2.11. The van der Waals surface area contributed by atoms with Crippen LogP contribution in [0, 0.1) is 0 Å². The molecule has 0 fully saturated rings. The summed E-state index contributed by atoms with van der Waals surface area (Å²) in [5.74, 6) is 0. The van der Waals surface area contributed by atoms with Gasteiger partial charge in [-0.3, -0.25) is 0 Å². The van der Waals surface area contributed by atoms with Crippen molar-refractivity contribution in [1.82, 2.24) is 0 Å². The molecule has 0 saturated carbocycles. The van der Waals surface area contributed by atoms with Crippen LogP contribution in [0.2, 0.25) is 0 Å². The molecule has 0 atom stereocenters. The Hall–Kier alpha value is -0.646. The fraction of sp³-hybridized carbons (Fsp3) is 0. The number of rotatable bonds is 6. The average molecular weight is 182 g/mol. The van der Waals surface area contributed by atoms with Crippen molar-refractivity contribution in [2.75, 3.05) is 0 Å². The predicted octanol–water partition coefficient (Wildman–Crippen LogP) is 1.35. The molecule has 0 aromatic heterocycles. The van der Waals surface area contributed by atoms with Gasteiger partial charge < -0.3 is 4.12 Å². The van der Waals surface area contributed by atoms with E-state index in [1.165, 1.54) is 0 Å². The molecular formula is C8H14OSi2. The summed E-state index contributed by atoms with van der Waals surface area (Å²) in [5.41, 5.74) is 7.39. The Kier molecular flexibility index (Phi) is 5.73. The van der Waals surface area contributed by atoms with E-state index in [-0.39, 0.29) is 0 Å². The molecule has 0 heterocycles. The van der Waals surface area contributed by atoms with Gasteiger partial charge in [0.2, 0.25) is 18.1 Å². The SMILES string of the molecule is C=C[SiH](C=C)O[SiH](C=C)C=C. The van der Waals surface area contributed by atoms with Gasteiger partial charge in [-0.25, -0.2) is 0 Å². The van der Waals surface area contributed by atoms with E-state index in [2.05, 4.69) is 26.3 Å². The van der Waals surface area contributed by atoms with Gasteiger partial charge in [-0.1, -0.05) is 22.8 Å². The van der Waals surface area contributed by atoms with Crippen LogP contribution in [0.3, 0.4) is 0 Å². The number of hydrogen-bond donors (Lipinski definition) is 0. The van der Waals surface area contributed by atoms with E-state index >= 15 is 0 Å². The molecule has 0 rings (SSSR count). The van der Waals surface area contributed by atoms with Crippen LogP contribution in [0.4, 0.5) is 0 Å². The van der Waals surface area contributed by atoms with Crippen molar-refractivity contribution >= 4 is 18.1 Å². The lowest BCUT2D eigenvalue weighted by atomic mass is 11.2. The largest absolute Gasteiger partial charge is 0.448 e. The molecule has 3 heteroatoms. The highest BCUT2D eigenvalue weighted by Crippen LogP contribution is 1.95. The van der Waals surface area contributed by atoms with Crippen LogP contribution in [0.1, 0.15) is 0 Å². The van der Waals surface area contributed by atoms with E-state index in [0.29, 0.717) is 0 Å². The first-order valence-electron chi connectivity index (χ1n) is 3.44. The zero-order valence-corrected chi connectivity index (χ0v) is 9.01. The van der Waals surface area contributed by atoms with E-state index in [9.17, 15) is 0 Å². The molecule has 0 aromatic rings. The molecular weight excluding hydrogens is 168 g/mol. The van der Waals surface area contributed by atoms with E-state index in [0.717, 1.165) is 0 Å². The maximum Gasteiger partial charge on any atom is 0.212 e. The molecule has 1 nitrogen and oxygen atoms in total. The van der Waals surface area contributed by atoms with Gasteiger partial charge in [0, 0.05) is 0 Å². The van der Waals surface area contributed by atoms with E-state index in [1.54, 1.807) is 0 Å². The molecule has 0 aliphatic heterocycles. The molecule has 0 saturated heterocycles. The summed E-state index contributed by atoms with van der Waals surface area (Å²) in [6.07, 6.45) is 0. The van der Waals surface area contributed by atoms with Crippen LogP contribution >= 0.6 is 0 Å². The molecule has 0 unspecified atom stereocenters. The molecule has 0 aliphatic carbocycles. The van der Waals surface area contributed by atoms with Crippen molar-refractivity contribution in [2.24, 2.45) is 0 Å². The van der Waals surface area contributed by atoms with E-state index < -0.39 is 18.1 Å². The molecule has 0 bridgehead atoms. The van der Waals surface area contributed by atoms with Crippen LogP contribution in [-0.2, 0) is 4.12 Å². The summed E-state index contributed by atoms with van der Waals surface area (Å²) in [4.78, 5) is 0. The fourth-order valence-electron chi connectivity index (χ4n) is 0.596. The highest BCUT2D eigenvalue weighted by Gasteiger charge is 2.06. The Morgan fingerprint density at radius 3 is 1.18 bits per heavy atom. The monoisotopic (exact) mass is 182 g/mol. The average Bonchev–Trinajstić information content (AvgIpc) is 2.07. The van der Waals surface area contributed by atoms with Gasteiger partial charge in [-0.15, -0.1) is 26.3 Å². The number of hydrogen-bond acceptors (Lipinski definition) is 1. The summed E-state index contributed by atoms with van der Waals surface area (Å²) in [6, 6.07) is 0. The second-order valence-electron chi connectivity index (χ2n) is 2.01. The molecule has 11 heavy (non-hydrogen) atoms. The smallest absolute Gasteiger partial charge is 0.212 e. The van der Waals surface area contributed by atoms with Crippen molar-refractivity contribution in [3.05, 3.63) is 49.1 Å². The molecule has 0 N–H and O–H groups in total. The topological polar surface area (TPSA) is 9.23 Å². The van der Waals surface area contributed by atoms with Crippen LogP contribution in [0.15, 0.2) is 49.1 Å². The highest BCUT2D eigenvalue weighted by atomic mass is 28.4. The Labute approximate surface area is 71.9 Å². The minimum absolute atomic E-state index is 1.34. The van der Waals surface area contributed by atoms with Gasteiger partial charge >= 0.3 is 0 Å². The Morgan fingerprint density at radius 2 is 1.00 bits per heavy atom. The highest BCUT2D eigenvalue weighted by molar-refractivity contribution is 6.76. The quantitative estimate of drug-likeness (QED) is 0.564. The van der Waals surface area contributed by atoms with Crippen LogP contribution in [0.25, 0.3) is 0 Å². The molecule has 0 spiro atoms. The van der Waals surface area contributed by atoms with E-state index in [1.807, 2.05) is 22.8 Å². The van der Waals surface area contributed by atoms with Crippen LogP contribution in [0.5, 0.6) is 0 Å². The third-order valence-electron chi connectivity index (χ3n) is 1.24. The zero-order valence-electron chi connectivity index (χ0n) is 6.70. The minimum atomic E-state index is -1.34. The van der Waals surface area contributed by atoms with Gasteiger partial charge in [0.1, 0.15) is 0 Å². The van der Waals surface area contributed by atoms with Crippen molar-refractivity contribution < 1.29 is 4.12 Å². The molecule has 60 valence electrons. The first-order valence-corrected chi connectivity index (χ1v) is 7.05. The molecule has 0 radical (unpaired) electrons. The van der Waals surface area contributed by atoms with Gasteiger partial charge in [0.25, 0.3) is 0 Å². The van der Waals surface area contributed by atoms with Crippen molar-refractivity contribution in [1.29, 1.82) is 0 Å². The van der Waals surface area contributed by atoms with Gasteiger partial charge in [-0.2, -0.15) is 0 Å². The predicted molar refractivity (Wildman–Crippen MR) is 56.2 cm³/mol. The van der Waals surface area contributed by atoms with Crippen molar-refractivity contribution in [3.63, 3.8) is 0 Å². The normalized spacial score (nSPS) is 9.64. The summed E-state index contributed by atoms with van der Waals surface area (Å²) in [6.45, 7) is 14.7. The van der Waals surface area contributed by atoms with Gasteiger partial charge in [0.05, 0.1) is 0 Å². The Bertz CT molecular complexity index is 131. The molecule has 0 aromatic carbocycles. The third-order valence-corrected chi connectivity index (χ3v) is 5.62. The second kappa shape index (κ2) is 6.09. The minimum Gasteiger partial charge on any atom is -0.448 e. The first kappa shape index (κ1) is 10.4. The van der Waals surface area contributed by atoms with E-state index in [4.69, 9.17) is 4.12 Å². The summed E-state index contributed by atoms with van der Waals surface area (Å²) in [7, 11) is -2.68. The lowest BCUT2D eigenvalue weighted by molar-refractivity contribution is 0.630. The summed E-state index contributed by atoms with van der Waals surface area (Å²) < 4.78 is 5.65. The first-order chi connectivity index (χ1) is 5.28. The zero-order chi connectivity index (χ0) is 8.69. The molecule has 0 amide bonds. The lowest BCUT2D eigenvalue weighted by Crippen LogP contribution is -2.23. The fourth-order valence-corrected chi connectivity index (χ4v) is 4.21. The maximum absolute atomic E-state index is 5.65. The van der Waals surface area contributed by atoms with Crippen molar-refractivity contribution in [2.45, 2.75) is 0 Å². The Morgan fingerprint density at radius 1 is 0.727 bits per heavy atom. The van der Waals surface area contributed by atoms with Crippen LogP contribution < -0.4 is 0 Å².